The van der Waals surface area contributed by atoms with Gasteiger partial charge in [0.1, 0.15) is 0 Å². The van der Waals surface area contributed by atoms with Crippen LogP contribution in [0.2, 0.25) is 0 Å². The molecule has 6 heteroatoms. The van der Waals surface area contributed by atoms with Crippen LogP contribution in [0.25, 0.3) is 33.4 Å². The van der Waals surface area contributed by atoms with Crippen molar-refractivity contribution in [1.82, 2.24) is 0 Å². The molecule has 0 saturated heterocycles. The molecule has 0 saturated carbocycles. The van der Waals surface area contributed by atoms with Crippen molar-refractivity contribution in [2.75, 3.05) is 19.6 Å². The van der Waals surface area contributed by atoms with Gasteiger partial charge >= 0.3 is 0 Å². The fraction of sp³-hybridized carbons (Fsp3) is 0.130. The predicted molar refractivity (Wildman–Crippen MR) is 429 cm³/mol. The largest absolute Gasteiger partial charge is 0.358 e. The monoisotopic (exact) mass is 1440 g/mol. The molecule has 13 rings (SSSR count). The average Bonchev–Trinajstić information content (AvgIpc) is 0.823. The smallest absolute Gasteiger partial charge is 0.0462 e. The minimum Gasteiger partial charge on any atom is -0.358 e. The first-order chi connectivity index (χ1) is 46.7. The van der Waals surface area contributed by atoms with Crippen LogP contribution in [0.15, 0.2) is 364 Å². The van der Waals surface area contributed by atoms with Gasteiger partial charge < -0.3 is 34.5 Å². The second-order valence-corrected chi connectivity index (χ2v) is 19.8. The Hall–Kier alpha value is -8.73. The summed E-state index contributed by atoms with van der Waals surface area (Å²) in [5, 5.41) is 0. The molecule has 13 aromatic rings. The van der Waals surface area contributed by atoms with Crippen LogP contribution in [-0.2, 0) is 65.4 Å². The van der Waals surface area contributed by atoms with E-state index in [0.717, 1.165) is 68.2 Å². The molecule has 0 fully saturated rings. The van der Waals surface area contributed by atoms with E-state index in [1.54, 1.807) is 0 Å². The Morgan fingerprint density at radius 1 is 0.122 bits per heavy atom. The van der Waals surface area contributed by atoms with E-state index in [2.05, 4.69) is 384 Å². The van der Waals surface area contributed by atoms with Crippen molar-refractivity contribution < 1.29 is 65.4 Å². The predicted octanol–water partition coefficient (Wildman–Crippen LogP) is 29.3. The Balaban J connectivity index is 0.000000563. The van der Waals surface area contributed by atoms with Gasteiger partial charge in [0.2, 0.25) is 0 Å². The molecule has 0 bridgehead atoms. The van der Waals surface area contributed by atoms with Gasteiger partial charge in [-0.05, 0) is 179 Å². The van der Waals surface area contributed by atoms with Crippen LogP contribution < -0.4 is 19.6 Å². The zero-order valence-corrected chi connectivity index (χ0v) is 66.3. The molecule has 0 aliphatic carbocycles. The van der Waals surface area contributed by atoms with Gasteiger partial charge in [0.05, 0.1) is 0 Å². The zero-order valence-electron chi connectivity index (χ0n) is 60.6. The standard InChI is InChI=1S/C42H32N2.C36H28N2.6C2H6.2CH3.2Y/c1-5-13-37(14-6-1)43(38-15-7-2-8-16-38)41-29-25-35(26-30-41)33-21-23-34(24-22-33)36-27-31-42(32-28-36)44(39-17-9-3-10-18-39)40-19-11-4-12-20-40;1-5-13-31(14-6-1)37(32-15-7-2-8-16-32)35-25-21-29(22-26-35)30-23-27-36(28-24-30)38(33-17-9-3-10-18-33)34-19-11-4-12-20-34;6*1-2;;;;/h1-32H;1-28H;6*1-2H3;2*1H3;;/q;;;;;;;;2*-1;;. The fourth-order valence-corrected chi connectivity index (χ4v) is 10.5. The van der Waals surface area contributed by atoms with Crippen molar-refractivity contribution >= 4 is 68.2 Å². The van der Waals surface area contributed by atoms with Crippen LogP contribution in [0.5, 0.6) is 0 Å². The Bertz CT molecular complexity index is 3590. The Morgan fingerprint density at radius 2 is 0.204 bits per heavy atom. The molecule has 0 atom stereocenters. The third kappa shape index (κ3) is 23.8. The summed E-state index contributed by atoms with van der Waals surface area (Å²) >= 11 is 0. The van der Waals surface area contributed by atoms with E-state index in [0.29, 0.717) is 0 Å². The van der Waals surface area contributed by atoms with Gasteiger partial charge in [0, 0.05) is 134 Å². The zero-order chi connectivity index (χ0) is 67.1. The molecule has 98 heavy (non-hydrogen) atoms. The van der Waals surface area contributed by atoms with Crippen LogP contribution >= 0.6 is 0 Å². The molecule has 0 amide bonds. The van der Waals surface area contributed by atoms with Crippen LogP contribution in [0.3, 0.4) is 0 Å². The molecule has 13 aromatic carbocycles. The molecule has 0 aliphatic heterocycles. The molecule has 0 unspecified atom stereocenters. The van der Waals surface area contributed by atoms with E-state index < -0.39 is 0 Å². The number of nitrogens with zero attached hydrogens (tertiary/aromatic N) is 4. The minimum atomic E-state index is 0. The maximum atomic E-state index is 2.28. The first-order valence-electron chi connectivity index (χ1n) is 33.8. The summed E-state index contributed by atoms with van der Waals surface area (Å²) in [6.45, 7) is 24.0. The normalized spacial score (nSPS) is 9.31. The summed E-state index contributed by atoms with van der Waals surface area (Å²) in [6, 6.07) is 128. The molecule has 0 spiro atoms. The number of benzene rings is 13. The molecule has 0 N–H and O–H groups in total. The number of anilines is 12. The van der Waals surface area contributed by atoms with Crippen LogP contribution in [0.1, 0.15) is 83.1 Å². The van der Waals surface area contributed by atoms with E-state index in [1.165, 1.54) is 33.4 Å². The fourth-order valence-electron chi connectivity index (χ4n) is 10.5. The van der Waals surface area contributed by atoms with E-state index in [4.69, 9.17) is 0 Å². The number of hydrogen-bond acceptors (Lipinski definition) is 4. The van der Waals surface area contributed by atoms with Crippen molar-refractivity contribution in [2.24, 2.45) is 0 Å². The van der Waals surface area contributed by atoms with Crippen LogP contribution in [-0.4, -0.2) is 0 Å². The molecule has 498 valence electrons. The first-order valence-corrected chi connectivity index (χ1v) is 33.8. The van der Waals surface area contributed by atoms with Crippen molar-refractivity contribution in [2.45, 2.75) is 83.1 Å². The molecule has 4 nitrogen and oxygen atoms in total. The van der Waals surface area contributed by atoms with Crippen molar-refractivity contribution in [3.05, 3.63) is 379 Å². The molecule has 0 aromatic heterocycles. The quantitative estimate of drug-likeness (QED) is 0.0949. The van der Waals surface area contributed by atoms with Crippen molar-refractivity contribution in [3.8, 4) is 33.4 Å². The maximum absolute atomic E-state index is 2.28. The number of hydrogen-bond donors (Lipinski definition) is 0. The Morgan fingerprint density at radius 3 is 0.306 bits per heavy atom. The van der Waals surface area contributed by atoms with Gasteiger partial charge in [-0.15, -0.1) is 0 Å². The minimum absolute atomic E-state index is 0. The summed E-state index contributed by atoms with van der Waals surface area (Å²) in [7, 11) is 0. The molecule has 2 radical (unpaired) electrons. The molecular weight excluding hydrogens is 1340 g/mol. The van der Waals surface area contributed by atoms with E-state index in [-0.39, 0.29) is 80.3 Å². The van der Waals surface area contributed by atoms with Crippen LogP contribution in [0, 0.1) is 14.9 Å². The van der Waals surface area contributed by atoms with Gasteiger partial charge in [-0.1, -0.05) is 301 Å². The third-order valence-corrected chi connectivity index (χ3v) is 14.5. The maximum Gasteiger partial charge on any atom is 0.0462 e. The average molecular weight is 1440 g/mol. The molecular formula is C92H102N4Y2-2. The molecule has 0 aliphatic rings. The topological polar surface area (TPSA) is 13.0 Å². The first kappa shape index (κ1) is 85.4. The van der Waals surface area contributed by atoms with Gasteiger partial charge in [-0.25, -0.2) is 0 Å². The van der Waals surface area contributed by atoms with E-state index in [9.17, 15) is 0 Å². The number of para-hydroxylation sites is 8. The van der Waals surface area contributed by atoms with E-state index >= 15 is 0 Å². The SMILES string of the molecule is CC.CC.CC.CC.CC.CC.[CH3-].[CH3-].[Y].[Y].c1ccc(N(c2ccccc2)c2ccc(-c3ccc(-c4ccc(N(c5ccccc5)c5ccccc5)cc4)cc3)cc2)cc1.c1ccc(N(c2ccccc2)c2ccc(-c3ccc(N(c4ccccc4)c4ccccc4)cc3)cc2)cc1. The summed E-state index contributed by atoms with van der Waals surface area (Å²) in [5.74, 6) is 0. The third-order valence-electron chi connectivity index (χ3n) is 14.5. The Kier molecular flexibility index (Phi) is 42.6. The van der Waals surface area contributed by atoms with Gasteiger partial charge in [-0.3, -0.25) is 0 Å². The van der Waals surface area contributed by atoms with Gasteiger partial charge in [-0.2, -0.15) is 0 Å². The van der Waals surface area contributed by atoms with Crippen molar-refractivity contribution in [1.29, 1.82) is 0 Å². The van der Waals surface area contributed by atoms with Crippen LogP contribution in [0.4, 0.5) is 68.2 Å². The van der Waals surface area contributed by atoms with Gasteiger partial charge in [0.25, 0.3) is 0 Å². The van der Waals surface area contributed by atoms with Crippen molar-refractivity contribution in [3.63, 3.8) is 0 Å². The second-order valence-electron chi connectivity index (χ2n) is 19.8. The summed E-state index contributed by atoms with van der Waals surface area (Å²) in [5.41, 5.74) is 20.8. The number of rotatable bonds is 15. The van der Waals surface area contributed by atoms with Gasteiger partial charge in [0.15, 0.2) is 0 Å². The Labute approximate surface area is 642 Å². The molecule has 0 heterocycles. The second kappa shape index (κ2) is 48.9. The summed E-state index contributed by atoms with van der Waals surface area (Å²) < 4.78 is 0. The van der Waals surface area contributed by atoms with E-state index in [1.807, 2.05) is 83.1 Å². The summed E-state index contributed by atoms with van der Waals surface area (Å²) in [6.07, 6.45) is 0. The summed E-state index contributed by atoms with van der Waals surface area (Å²) in [4.78, 5) is 9.13.